The number of pyridine rings is 1. The Balaban J connectivity index is 1.26. The number of benzene rings is 1. The SMILES string of the molecule is CNC(=O)c1ccc(N2CCN(Cc3ccc4c(c3OC)NC(=O)C3(CC3)O4)CC2)c(C)n1. The predicted octanol–water partition coefficient (Wildman–Crippen LogP) is 1.94. The molecule has 2 N–H and O–H groups in total. The first-order valence-electron chi connectivity index (χ1n) is 11.3. The van der Waals surface area contributed by atoms with Crippen LogP contribution in [0.4, 0.5) is 11.4 Å². The molecule has 0 radical (unpaired) electrons. The van der Waals surface area contributed by atoms with E-state index < -0.39 is 5.60 Å². The van der Waals surface area contributed by atoms with Crippen molar-refractivity contribution in [3.63, 3.8) is 0 Å². The topological polar surface area (TPSA) is 96.0 Å². The number of nitrogens with one attached hydrogen (secondary N) is 2. The van der Waals surface area contributed by atoms with E-state index in [9.17, 15) is 9.59 Å². The molecule has 3 heterocycles. The maximum absolute atomic E-state index is 12.4. The Morgan fingerprint density at radius 2 is 1.97 bits per heavy atom. The third-order valence-electron chi connectivity index (χ3n) is 6.69. The molecule has 2 amide bonds. The molecule has 1 saturated heterocycles. The number of aryl methyl sites for hydroxylation is 1. The van der Waals surface area contributed by atoms with Gasteiger partial charge < -0.3 is 25.0 Å². The molecule has 0 bridgehead atoms. The number of carbonyl (C=O) groups excluding carboxylic acids is 2. The van der Waals surface area contributed by atoms with Gasteiger partial charge in [0.25, 0.3) is 11.8 Å². The molecule has 5 rings (SSSR count). The summed E-state index contributed by atoms with van der Waals surface area (Å²) in [5, 5.41) is 5.62. The third-order valence-corrected chi connectivity index (χ3v) is 6.69. The number of fused-ring (bicyclic) bond motifs is 1. The molecule has 0 unspecified atom stereocenters. The Labute approximate surface area is 193 Å². The van der Waals surface area contributed by atoms with Crippen LogP contribution >= 0.6 is 0 Å². The molecule has 33 heavy (non-hydrogen) atoms. The normalized spacial score (nSPS) is 18.9. The van der Waals surface area contributed by atoms with Gasteiger partial charge in [0.2, 0.25) is 0 Å². The van der Waals surface area contributed by atoms with E-state index in [0.717, 1.165) is 62.5 Å². The van der Waals surface area contributed by atoms with Crippen LogP contribution in [-0.2, 0) is 11.3 Å². The monoisotopic (exact) mass is 451 g/mol. The molecule has 1 saturated carbocycles. The van der Waals surface area contributed by atoms with Gasteiger partial charge in [0, 0.05) is 58.2 Å². The number of methoxy groups -OCH3 is 1. The fraction of sp³-hybridized carbons (Fsp3) is 0.458. The standard InChI is InChI=1S/C24H29N5O4/c1-15-18(6-5-17(26-15)22(30)25-2)29-12-10-28(11-13-29)14-16-4-7-19-20(21(16)32-3)27-23(31)24(33-19)8-9-24/h4-7H,8-14H2,1-3H3,(H,25,30)(H,27,31). The Kier molecular flexibility index (Phi) is 5.36. The average Bonchev–Trinajstić information content (AvgIpc) is 3.60. The minimum absolute atomic E-state index is 0.0783. The van der Waals surface area contributed by atoms with E-state index in [2.05, 4.69) is 25.4 Å². The van der Waals surface area contributed by atoms with Crippen LogP contribution in [0.25, 0.3) is 0 Å². The van der Waals surface area contributed by atoms with Crippen LogP contribution in [0.5, 0.6) is 11.5 Å². The highest BCUT2D eigenvalue weighted by molar-refractivity contribution is 6.04. The number of amides is 2. The lowest BCUT2D eigenvalue weighted by molar-refractivity contribution is -0.125. The van der Waals surface area contributed by atoms with Gasteiger partial charge in [0.15, 0.2) is 11.4 Å². The Morgan fingerprint density at radius 3 is 2.61 bits per heavy atom. The summed E-state index contributed by atoms with van der Waals surface area (Å²) in [7, 11) is 3.23. The summed E-state index contributed by atoms with van der Waals surface area (Å²) >= 11 is 0. The van der Waals surface area contributed by atoms with Crippen LogP contribution in [0.1, 0.15) is 34.6 Å². The van der Waals surface area contributed by atoms with Crippen molar-refractivity contribution in [2.75, 3.05) is 50.6 Å². The Morgan fingerprint density at radius 1 is 1.21 bits per heavy atom. The predicted molar refractivity (Wildman–Crippen MR) is 124 cm³/mol. The molecule has 1 aromatic carbocycles. The number of anilines is 2. The summed E-state index contributed by atoms with van der Waals surface area (Å²) in [6.07, 6.45) is 1.52. The molecular weight excluding hydrogens is 422 g/mol. The maximum atomic E-state index is 12.4. The zero-order valence-electron chi connectivity index (χ0n) is 19.2. The van der Waals surface area contributed by atoms with Gasteiger partial charge in [-0.05, 0) is 25.1 Å². The van der Waals surface area contributed by atoms with E-state index in [0.29, 0.717) is 22.9 Å². The quantitative estimate of drug-likeness (QED) is 0.717. The van der Waals surface area contributed by atoms with Crippen molar-refractivity contribution in [3.8, 4) is 11.5 Å². The van der Waals surface area contributed by atoms with Crippen LogP contribution in [0, 0.1) is 6.92 Å². The van der Waals surface area contributed by atoms with Crippen molar-refractivity contribution in [2.45, 2.75) is 31.9 Å². The molecule has 1 spiro atoms. The number of piperazine rings is 1. The lowest BCUT2D eigenvalue weighted by atomic mass is 10.1. The first kappa shape index (κ1) is 21.5. The van der Waals surface area contributed by atoms with Crippen molar-refractivity contribution in [2.24, 2.45) is 0 Å². The summed E-state index contributed by atoms with van der Waals surface area (Å²) in [6.45, 7) is 6.13. The zero-order chi connectivity index (χ0) is 23.2. The highest BCUT2D eigenvalue weighted by atomic mass is 16.5. The number of nitrogens with zero attached hydrogens (tertiary/aromatic N) is 3. The second-order valence-electron chi connectivity index (χ2n) is 8.82. The summed E-state index contributed by atoms with van der Waals surface area (Å²) in [5.74, 6) is 1.09. The van der Waals surface area contributed by atoms with Crippen molar-refractivity contribution in [3.05, 3.63) is 41.2 Å². The highest BCUT2D eigenvalue weighted by Crippen LogP contribution is 2.50. The van der Waals surface area contributed by atoms with E-state index in [1.54, 1.807) is 20.2 Å². The van der Waals surface area contributed by atoms with Crippen LogP contribution in [-0.4, -0.2) is 67.6 Å². The van der Waals surface area contributed by atoms with Gasteiger partial charge in [-0.2, -0.15) is 0 Å². The minimum Gasteiger partial charge on any atom is -0.494 e. The average molecular weight is 452 g/mol. The van der Waals surface area contributed by atoms with Crippen LogP contribution in [0.2, 0.25) is 0 Å². The molecule has 2 aromatic rings. The Hall–Kier alpha value is -3.33. The summed E-state index contributed by atoms with van der Waals surface area (Å²) < 4.78 is 11.7. The fourth-order valence-corrected chi connectivity index (χ4v) is 4.63. The van der Waals surface area contributed by atoms with E-state index in [-0.39, 0.29) is 11.8 Å². The lowest BCUT2D eigenvalue weighted by Gasteiger charge is -2.37. The van der Waals surface area contributed by atoms with Crippen molar-refractivity contribution < 1.29 is 19.1 Å². The van der Waals surface area contributed by atoms with Gasteiger partial charge in [-0.25, -0.2) is 4.98 Å². The van der Waals surface area contributed by atoms with Crippen molar-refractivity contribution in [1.82, 2.24) is 15.2 Å². The summed E-state index contributed by atoms with van der Waals surface area (Å²) in [4.78, 5) is 33.4. The van der Waals surface area contributed by atoms with E-state index in [1.807, 2.05) is 25.1 Å². The van der Waals surface area contributed by atoms with E-state index >= 15 is 0 Å². The molecule has 9 nitrogen and oxygen atoms in total. The number of hydrogen-bond acceptors (Lipinski definition) is 7. The summed E-state index contributed by atoms with van der Waals surface area (Å²) in [6, 6.07) is 7.72. The maximum Gasteiger partial charge on any atom is 0.269 e. The zero-order valence-corrected chi connectivity index (χ0v) is 19.2. The molecule has 1 aromatic heterocycles. The molecule has 9 heteroatoms. The molecule has 2 aliphatic heterocycles. The first-order valence-corrected chi connectivity index (χ1v) is 11.3. The van der Waals surface area contributed by atoms with Gasteiger partial charge in [0.05, 0.1) is 18.5 Å². The molecule has 2 fully saturated rings. The van der Waals surface area contributed by atoms with Crippen LogP contribution in [0.3, 0.4) is 0 Å². The third kappa shape index (κ3) is 3.86. The molecular formula is C24H29N5O4. The molecule has 3 aliphatic rings. The van der Waals surface area contributed by atoms with Gasteiger partial charge in [-0.3, -0.25) is 14.5 Å². The first-order chi connectivity index (χ1) is 15.9. The van der Waals surface area contributed by atoms with Crippen LogP contribution < -0.4 is 25.0 Å². The van der Waals surface area contributed by atoms with Crippen molar-refractivity contribution >= 4 is 23.2 Å². The van der Waals surface area contributed by atoms with E-state index in [4.69, 9.17) is 9.47 Å². The van der Waals surface area contributed by atoms with Gasteiger partial charge in [0.1, 0.15) is 17.1 Å². The smallest absolute Gasteiger partial charge is 0.269 e. The number of carbonyl (C=O) groups is 2. The largest absolute Gasteiger partial charge is 0.494 e. The number of hydrogen-bond donors (Lipinski definition) is 2. The second-order valence-corrected chi connectivity index (χ2v) is 8.82. The van der Waals surface area contributed by atoms with Gasteiger partial charge >= 0.3 is 0 Å². The molecule has 1 aliphatic carbocycles. The fourth-order valence-electron chi connectivity index (χ4n) is 4.63. The number of aromatic nitrogens is 1. The number of ether oxygens (including phenoxy) is 2. The second kappa shape index (κ2) is 8.22. The summed E-state index contributed by atoms with van der Waals surface area (Å²) in [5.41, 5.74) is 3.33. The number of rotatable bonds is 5. The van der Waals surface area contributed by atoms with Crippen LogP contribution in [0.15, 0.2) is 24.3 Å². The van der Waals surface area contributed by atoms with Crippen molar-refractivity contribution in [1.29, 1.82) is 0 Å². The van der Waals surface area contributed by atoms with Gasteiger partial charge in [-0.1, -0.05) is 6.07 Å². The lowest BCUT2D eigenvalue weighted by Crippen LogP contribution is -2.46. The minimum atomic E-state index is -0.665. The van der Waals surface area contributed by atoms with E-state index in [1.165, 1.54) is 0 Å². The molecule has 0 atom stereocenters. The van der Waals surface area contributed by atoms with Gasteiger partial charge in [-0.15, -0.1) is 0 Å². The highest BCUT2D eigenvalue weighted by Gasteiger charge is 2.55. The Bertz CT molecular complexity index is 1110. The molecule has 174 valence electrons.